The van der Waals surface area contributed by atoms with Crippen molar-refractivity contribution >= 4 is 54.9 Å². The number of aliphatic hydroxyl groups excluding tert-OH is 1. The number of rotatable bonds is 19. The summed E-state index contributed by atoms with van der Waals surface area (Å²) in [6.07, 6.45) is 5.85. The fraction of sp³-hybridized carbons (Fsp3) is 0.390. The van der Waals surface area contributed by atoms with Gasteiger partial charge in [0, 0.05) is 48.2 Å². The highest BCUT2D eigenvalue weighted by molar-refractivity contribution is 7.21. The number of hydrogen-bond donors (Lipinski definition) is 3. The lowest BCUT2D eigenvalue weighted by molar-refractivity contribution is -0.134. The number of halogens is 2. The molecule has 0 spiro atoms. The van der Waals surface area contributed by atoms with Gasteiger partial charge in [-0.3, -0.25) is 28.3 Å². The van der Waals surface area contributed by atoms with Crippen molar-refractivity contribution in [2.45, 2.75) is 121 Å². The zero-order valence-electron chi connectivity index (χ0n) is 47.5. The van der Waals surface area contributed by atoms with Crippen molar-refractivity contribution in [3.63, 3.8) is 0 Å². The SMILES string of the molecule is COc1ccc(F)cc1[C@H](Cn1c(=O)n([C@@H]2CCNC2=O)c(=O)c2c(C)c(-n3nccn3)sc21)OC1CC(O)C1.COc1ccc(F)cc1[C@H](Cn1c(=O)n([C@@H]2CCNC2=O)c(=O)c2c(C)c(-n3nccn3)sc21)OC1CC(OCc2ccccc2)C1. The fourth-order valence-electron chi connectivity index (χ4n) is 11.6. The highest BCUT2D eigenvalue weighted by atomic mass is 32.1. The molecule has 3 N–H and O–H groups in total. The lowest BCUT2D eigenvalue weighted by Gasteiger charge is -2.37. The third-order valence-corrected chi connectivity index (χ3v) is 18.8. The molecule has 24 nitrogen and oxygen atoms in total. The Labute approximate surface area is 501 Å². The van der Waals surface area contributed by atoms with Gasteiger partial charge in [-0.2, -0.15) is 20.4 Å². The summed E-state index contributed by atoms with van der Waals surface area (Å²) in [6, 6.07) is 16.2. The van der Waals surface area contributed by atoms with Crippen molar-refractivity contribution in [2.24, 2.45) is 0 Å². The van der Waals surface area contributed by atoms with Crippen LogP contribution in [-0.4, -0.2) is 117 Å². The number of carbonyl (C=O) groups excluding carboxylic acids is 2. The van der Waals surface area contributed by atoms with Crippen LogP contribution in [-0.2, 0) is 43.5 Å². The monoisotopic (exact) mass is 1230 g/mol. The van der Waals surface area contributed by atoms with E-state index in [9.17, 15) is 42.7 Å². The van der Waals surface area contributed by atoms with E-state index in [4.69, 9.17) is 23.7 Å². The molecule has 2 amide bonds. The number of fused-ring (bicyclic) bond motifs is 2. The maximum absolute atomic E-state index is 14.7. The summed E-state index contributed by atoms with van der Waals surface area (Å²) in [5.74, 6) is -1.05. The fourth-order valence-corrected chi connectivity index (χ4v) is 14.0. The summed E-state index contributed by atoms with van der Waals surface area (Å²) in [5.41, 5.74) is 0.523. The van der Waals surface area contributed by atoms with Crippen LogP contribution in [0.25, 0.3) is 30.4 Å². The summed E-state index contributed by atoms with van der Waals surface area (Å²) < 4.78 is 64.2. The molecule has 2 aliphatic carbocycles. The molecule has 9 aromatic rings. The number of aliphatic hydroxyl groups is 1. The Bertz CT molecular complexity index is 4290. The number of methoxy groups -OCH3 is 2. The second-order valence-electron chi connectivity index (χ2n) is 21.7. The summed E-state index contributed by atoms with van der Waals surface area (Å²) in [7, 11) is 2.94. The smallest absolute Gasteiger partial charge is 0.332 e. The summed E-state index contributed by atoms with van der Waals surface area (Å²) >= 11 is 2.35. The molecule has 8 heterocycles. The number of nitrogens with zero attached hydrogens (tertiary/aromatic N) is 10. The van der Waals surface area contributed by atoms with Crippen LogP contribution in [0.4, 0.5) is 8.78 Å². The maximum atomic E-state index is 14.7. The average molecular weight is 1230 g/mol. The molecule has 0 radical (unpaired) electrons. The summed E-state index contributed by atoms with van der Waals surface area (Å²) in [4.78, 5) is 85.1. The van der Waals surface area contributed by atoms with Crippen molar-refractivity contribution in [3.8, 4) is 21.5 Å². The second kappa shape index (κ2) is 24.7. The molecular weight excluding hydrogens is 1170 g/mol. The number of aryl methyl sites for hydroxylation is 2. The first-order valence-electron chi connectivity index (χ1n) is 28.3. The Balaban J connectivity index is 0.000000172. The topological polar surface area (TPSA) is 274 Å². The molecule has 13 rings (SSSR count). The predicted molar refractivity (Wildman–Crippen MR) is 314 cm³/mol. The lowest BCUT2D eigenvalue weighted by Crippen LogP contribution is -2.45. The molecule has 28 heteroatoms. The first-order valence-corrected chi connectivity index (χ1v) is 29.9. The van der Waals surface area contributed by atoms with Crippen LogP contribution in [0.2, 0.25) is 0 Å². The van der Waals surface area contributed by atoms with Crippen LogP contribution in [0.15, 0.2) is 111 Å². The molecule has 454 valence electrons. The van der Waals surface area contributed by atoms with Gasteiger partial charge in [-0.25, -0.2) is 27.5 Å². The predicted octanol–water partition coefficient (Wildman–Crippen LogP) is 5.43. The first kappa shape index (κ1) is 58.8. The van der Waals surface area contributed by atoms with Crippen molar-refractivity contribution in [2.75, 3.05) is 27.3 Å². The van der Waals surface area contributed by atoms with Gasteiger partial charge >= 0.3 is 11.4 Å². The minimum atomic E-state index is -0.967. The number of amides is 2. The molecule has 4 aliphatic rings. The third kappa shape index (κ3) is 11.4. The van der Waals surface area contributed by atoms with Crippen LogP contribution in [0.1, 0.15) is 90.6 Å². The maximum Gasteiger partial charge on any atom is 0.332 e. The molecule has 4 fully saturated rings. The van der Waals surface area contributed by atoms with Crippen LogP contribution in [0.3, 0.4) is 0 Å². The molecule has 0 unspecified atom stereocenters. The Kier molecular flexibility index (Phi) is 16.7. The van der Waals surface area contributed by atoms with Crippen molar-refractivity contribution in [1.29, 1.82) is 0 Å². The molecule has 87 heavy (non-hydrogen) atoms. The van der Waals surface area contributed by atoms with Gasteiger partial charge in [0.2, 0.25) is 11.8 Å². The van der Waals surface area contributed by atoms with Gasteiger partial charge in [0.05, 0.1) is 93.9 Å². The number of aromatic nitrogens is 10. The number of ether oxygens (including phenoxy) is 5. The molecule has 6 aromatic heterocycles. The van der Waals surface area contributed by atoms with E-state index in [1.165, 1.54) is 105 Å². The molecule has 4 atom stereocenters. The Morgan fingerprint density at radius 1 is 0.609 bits per heavy atom. The minimum absolute atomic E-state index is 0.0171. The van der Waals surface area contributed by atoms with Crippen molar-refractivity contribution in [3.05, 3.63) is 173 Å². The van der Waals surface area contributed by atoms with Gasteiger partial charge in [-0.05, 0) is 81.5 Å². The van der Waals surface area contributed by atoms with Gasteiger partial charge in [0.1, 0.15) is 67.1 Å². The van der Waals surface area contributed by atoms with E-state index in [2.05, 4.69) is 31.0 Å². The number of nitrogens with one attached hydrogen (secondary N) is 2. The zero-order chi connectivity index (χ0) is 60.8. The van der Waals surface area contributed by atoms with E-state index in [1.807, 2.05) is 30.3 Å². The molecule has 2 saturated heterocycles. The second-order valence-corrected chi connectivity index (χ2v) is 23.6. The van der Waals surface area contributed by atoms with Gasteiger partial charge in [0.25, 0.3) is 11.1 Å². The van der Waals surface area contributed by atoms with Gasteiger partial charge in [-0.1, -0.05) is 53.0 Å². The average Bonchev–Trinajstić information content (AvgIpc) is 1.76. The molecule has 2 aliphatic heterocycles. The molecule has 0 bridgehead atoms. The molecule has 2 saturated carbocycles. The number of carbonyl (C=O) groups is 2. The highest BCUT2D eigenvalue weighted by Crippen LogP contribution is 2.40. The zero-order valence-corrected chi connectivity index (χ0v) is 49.2. The quantitative estimate of drug-likeness (QED) is 0.0910. The van der Waals surface area contributed by atoms with E-state index in [1.54, 1.807) is 13.8 Å². The lowest BCUT2D eigenvalue weighted by atomic mass is 9.91. The third-order valence-electron chi connectivity index (χ3n) is 16.2. The van der Waals surface area contributed by atoms with Crippen LogP contribution >= 0.6 is 22.7 Å². The molecule has 3 aromatic carbocycles. The van der Waals surface area contributed by atoms with E-state index in [0.29, 0.717) is 105 Å². The number of hydrogen-bond acceptors (Lipinski definition) is 18. The van der Waals surface area contributed by atoms with E-state index < -0.39 is 76.3 Å². The standard InChI is InChI=1S/C33H33FN6O6S.C26H27FN6O6S/c1-19-28-30(42)39(25-10-11-35-29(25)41)33(43)38(32(28)47-31(19)40-36-12-13-37-40)17-27(24-14-21(34)8-9-26(24)44-2)46-23-15-22(16-23)45-18-20-6-4-3-5-7-20;1-13-21-23(36)32(18-5-6-28-22(18)35)26(37)31(25(21)40-24(13)33-29-7-8-30-33)12-20(39-16-10-15(34)11-16)17-9-14(27)3-4-19(17)38-2/h3-9,12-14,22-23,25,27H,10-11,15-18H2,1-2H3,(H,35,41);3-4,7-9,15-16,18,20,34H,5-6,10-12H2,1-2H3,(H,28,35)/t22?,23?,25-,27+;15?,16?,18-,20+/m11/s1. The Morgan fingerprint density at radius 3 is 1.45 bits per heavy atom. The van der Waals surface area contributed by atoms with Crippen molar-refractivity contribution < 1.29 is 47.2 Å². The minimum Gasteiger partial charge on any atom is -0.496 e. The summed E-state index contributed by atoms with van der Waals surface area (Å²) in [5, 5.41) is 33.8. The van der Waals surface area contributed by atoms with Gasteiger partial charge < -0.3 is 39.4 Å². The van der Waals surface area contributed by atoms with E-state index in [0.717, 1.165) is 26.0 Å². The largest absolute Gasteiger partial charge is 0.496 e. The number of thiophene rings is 2. The van der Waals surface area contributed by atoms with Crippen LogP contribution in [0, 0.1) is 25.5 Å². The summed E-state index contributed by atoms with van der Waals surface area (Å²) in [6.45, 7) is 4.49. The van der Waals surface area contributed by atoms with Crippen molar-refractivity contribution in [1.82, 2.24) is 58.9 Å². The normalized spacial score (nSPS) is 20.6. The highest BCUT2D eigenvalue weighted by Gasteiger charge is 2.39. The van der Waals surface area contributed by atoms with E-state index in [-0.39, 0.29) is 48.6 Å². The Morgan fingerprint density at radius 2 is 1.05 bits per heavy atom. The van der Waals surface area contributed by atoms with Gasteiger partial charge in [-0.15, -0.1) is 9.59 Å². The first-order chi connectivity index (χ1) is 42.1. The van der Waals surface area contributed by atoms with Gasteiger partial charge in [0.15, 0.2) is 0 Å². The van der Waals surface area contributed by atoms with E-state index >= 15 is 0 Å². The molecular formula is C59H60F2N12O12S2. The van der Waals surface area contributed by atoms with Crippen LogP contribution < -0.4 is 42.6 Å². The van der Waals surface area contributed by atoms with Crippen LogP contribution in [0.5, 0.6) is 11.5 Å². The number of benzene rings is 3. The Hall–Kier alpha value is -8.54.